The van der Waals surface area contributed by atoms with Gasteiger partial charge in [-0.1, -0.05) is 49.1 Å². The summed E-state index contributed by atoms with van der Waals surface area (Å²) in [6.07, 6.45) is -1.03. The maximum absolute atomic E-state index is 12.9. The number of carbonyl (C=O) groups is 2. The first-order valence-electron chi connectivity index (χ1n) is 17.3. The molecular formula is C36H51Cl2N6O7Si-. The van der Waals surface area contributed by atoms with Crippen molar-refractivity contribution < 1.29 is 33.1 Å². The average molecular weight is 779 g/mol. The van der Waals surface area contributed by atoms with Crippen LogP contribution in [0.25, 0.3) is 22.6 Å². The van der Waals surface area contributed by atoms with Crippen LogP contribution in [0, 0.1) is 13.8 Å². The van der Waals surface area contributed by atoms with E-state index in [1.807, 2.05) is 20.8 Å². The number of aryl methyl sites for hydroxylation is 2. The second-order valence-electron chi connectivity index (χ2n) is 15.7. The number of anilines is 1. The molecule has 1 saturated heterocycles. The largest absolute Gasteiger partial charge is 0.530 e. The minimum atomic E-state index is -2.28. The van der Waals surface area contributed by atoms with Crippen molar-refractivity contribution in [2.45, 2.75) is 104 Å². The van der Waals surface area contributed by atoms with Crippen LogP contribution in [0.5, 0.6) is 5.75 Å². The minimum absolute atomic E-state index is 0.0791. The number of hydrogen-bond acceptors (Lipinski definition) is 11. The molecule has 1 fully saturated rings. The van der Waals surface area contributed by atoms with Crippen molar-refractivity contribution in [1.82, 2.24) is 24.9 Å². The van der Waals surface area contributed by atoms with Gasteiger partial charge in [0.2, 0.25) is 0 Å². The molecule has 1 aromatic carbocycles. The first-order valence-corrected chi connectivity index (χ1v) is 21.0. The zero-order chi connectivity index (χ0) is 38.8. The molecule has 1 aliphatic rings. The summed E-state index contributed by atoms with van der Waals surface area (Å²) in [6.45, 7) is 20.9. The molecule has 13 nitrogen and oxygen atoms in total. The third kappa shape index (κ3) is 10.3. The molecule has 3 aromatic rings. The Labute approximate surface area is 317 Å². The minimum Gasteiger partial charge on any atom is -0.530 e. The Morgan fingerprint density at radius 2 is 1.77 bits per heavy atom. The van der Waals surface area contributed by atoms with Gasteiger partial charge in [-0.15, -0.1) is 0 Å². The van der Waals surface area contributed by atoms with Crippen molar-refractivity contribution >= 4 is 49.5 Å². The molecule has 2 amide bonds. The van der Waals surface area contributed by atoms with Gasteiger partial charge in [0.1, 0.15) is 46.3 Å². The summed E-state index contributed by atoms with van der Waals surface area (Å²) in [7, 11) is -0.592. The highest BCUT2D eigenvalue weighted by Crippen LogP contribution is 2.40. The summed E-state index contributed by atoms with van der Waals surface area (Å²) < 4.78 is 24.1. The predicted octanol–water partition coefficient (Wildman–Crippen LogP) is 7.58. The highest BCUT2D eigenvalue weighted by Gasteiger charge is 2.40. The third-order valence-corrected chi connectivity index (χ3v) is 14.5. The molecule has 0 bridgehead atoms. The molecular weight excluding hydrogens is 727 g/mol. The SMILES string of the molecule is Cc1noc(C)c1-c1nc(-c2cc(OC[C@@H](CN(C)C(=O)OC(C)(C)C)O[Si](C)(C)C(C)(C)C)ccc2Cl)nc(NC2CCN(C(=O)[O-])CC2)c1Cl. The molecule has 0 aliphatic carbocycles. The number of nitrogens with zero attached hydrogens (tertiary/aromatic N) is 5. The number of likely N-dealkylation sites (tertiary alicyclic amines) is 1. The standard InChI is InChI=1S/C36H52Cl2N6O7Si/c1-21-28(22(2)50-42-21)30-29(38)32(39-23-14-16-44(17-15-23)33(45)46)41-31(40-30)26-18-24(12-13-27(26)37)48-20-25(51-52(10,11)36(6,7)8)19-43(9)34(47)49-35(3,4)5/h12-13,18,23,25H,14-17,19-20H2,1-11H3,(H,45,46)(H,39,40,41)/p-1/t25-/m1/s1. The smallest absolute Gasteiger partial charge is 0.410 e. The van der Waals surface area contributed by atoms with Gasteiger partial charge in [-0.25, -0.2) is 14.8 Å². The van der Waals surface area contributed by atoms with Gasteiger partial charge in [0.25, 0.3) is 0 Å². The van der Waals surface area contributed by atoms with Gasteiger partial charge in [0.05, 0.1) is 28.9 Å². The molecule has 0 spiro atoms. The molecule has 0 unspecified atom stereocenters. The highest BCUT2D eigenvalue weighted by atomic mass is 35.5. The fraction of sp³-hybridized carbons (Fsp3) is 0.583. The maximum Gasteiger partial charge on any atom is 0.410 e. The Morgan fingerprint density at radius 1 is 1.12 bits per heavy atom. The average Bonchev–Trinajstić information content (AvgIpc) is 3.37. The van der Waals surface area contributed by atoms with Crippen LogP contribution in [0.1, 0.15) is 65.8 Å². The van der Waals surface area contributed by atoms with E-state index >= 15 is 0 Å². The summed E-state index contributed by atoms with van der Waals surface area (Å²) >= 11 is 13.8. The highest BCUT2D eigenvalue weighted by molar-refractivity contribution is 6.74. The number of aromatic nitrogens is 3. The summed E-state index contributed by atoms with van der Waals surface area (Å²) in [5.41, 5.74) is 1.49. The molecule has 52 heavy (non-hydrogen) atoms. The molecule has 1 N–H and O–H groups in total. The second kappa shape index (κ2) is 16.2. The summed E-state index contributed by atoms with van der Waals surface area (Å²) in [5.74, 6) is 1.67. The van der Waals surface area contributed by atoms with Crippen molar-refractivity contribution in [1.29, 1.82) is 0 Å². The number of rotatable bonds is 11. The van der Waals surface area contributed by atoms with Crippen LogP contribution in [0.4, 0.5) is 15.4 Å². The topological polar surface area (TPSA) is 155 Å². The van der Waals surface area contributed by atoms with E-state index in [4.69, 9.17) is 51.6 Å². The fourth-order valence-electron chi connectivity index (χ4n) is 5.44. The zero-order valence-corrected chi connectivity index (χ0v) is 34.5. The molecule has 1 atom stereocenters. The van der Waals surface area contributed by atoms with Crippen LogP contribution < -0.4 is 15.2 Å². The van der Waals surface area contributed by atoms with Crippen LogP contribution in [0.15, 0.2) is 22.7 Å². The summed E-state index contributed by atoms with van der Waals surface area (Å²) in [5, 5.41) is 19.4. The number of carbonyl (C=O) groups excluding carboxylic acids is 2. The van der Waals surface area contributed by atoms with Gasteiger partial charge in [-0.3, -0.25) is 0 Å². The van der Waals surface area contributed by atoms with E-state index < -0.39 is 32.2 Å². The van der Waals surface area contributed by atoms with Gasteiger partial charge in [-0.2, -0.15) is 0 Å². The van der Waals surface area contributed by atoms with Crippen molar-refractivity contribution in [3.8, 4) is 28.4 Å². The number of nitrogens with one attached hydrogen (secondary N) is 1. The Morgan fingerprint density at radius 3 is 2.33 bits per heavy atom. The summed E-state index contributed by atoms with van der Waals surface area (Å²) in [4.78, 5) is 36.7. The number of benzene rings is 1. The molecule has 1 aliphatic heterocycles. The lowest BCUT2D eigenvalue weighted by atomic mass is 10.0. The Balaban J connectivity index is 1.67. The number of carboxylic acid groups (broad SMARTS) is 1. The van der Waals surface area contributed by atoms with Gasteiger partial charge < -0.3 is 43.4 Å². The number of amides is 2. The quantitative estimate of drug-likeness (QED) is 0.192. The van der Waals surface area contributed by atoms with Gasteiger partial charge in [-0.05, 0) is 83.8 Å². The molecule has 4 rings (SSSR count). The molecule has 286 valence electrons. The number of hydrogen-bond donors (Lipinski definition) is 1. The van der Waals surface area contributed by atoms with E-state index in [9.17, 15) is 14.7 Å². The lowest BCUT2D eigenvalue weighted by Gasteiger charge is -2.40. The number of piperidine rings is 1. The number of ether oxygens (including phenoxy) is 2. The Bertz CT molecular complexity index is 1730. The normalized spacial score (nSPS) is 15.0. The van der Waals surface area contributed by atoms with Crippen molar-refractivity contribution in [3.63, 3.8) is 0 Å². The zero-order valence-electron chi connectivity index (χ0n) is 32.0. The van der Waals surface area contributed by atoms with E-state index in [1.165, 1.54) is 9.80 Å². The lowest BCUT2D eigenvalue weighted by molar-refractivity contribution is -0.266. The molecule has 16 heteroatoms. The van der Waals surface area contributed by atoms with E-state index in [0.29, 0.717) is 70.8 Å². The van der Waals surface area contributed by atoms with Crippen LogP contribution in [0.2, 0.25) is 28.2 Å². The lowest BCUT2D eigenvalue weighted by Crippen LogP contribution is -2.49. The van der Waals surface area contributed by atoms with Crippen LogP contribution >= 0.6 is 23.2 Å². The molecule has 0 radical (unpaired) electrons. The van der Waals surface area contributed by atoms with Crippen LogP contribution in [-0.4, -0.2) is 96.5 Å². The first-order chi connectivity index (χ1) is 24.1. The van der Waals surface area contributed by atoms with E-state index in [-0.39, 0.29) is 35.1 Å². The maximum atomic E-state index is 12.9. The van der Waals surface area contributed by atoms with Crippen molar-refractivity contribution in [2.24, 2.45) is 0 Å². The molecule has 0 saturated carbocycles. The summed E-state index contributed by atoms with van der Waals surface area (Å²) in [6, 6.07) is 5.11. The van der Waals surface area contributed by atoms with Gasteiger partial charge >= 0.3 is 6.09 Å². The second-order valence-corrected chi connectivity index (χ2v) is 21.3. The van der Waals surface area contributed by atoms with Crippen LogP contribution in [-0.2, 0) is 9.16 Å². The van der Waals surface area contributed by atoms with Gasteiger partial charge in [0, 0.05) is 31.7 Å². The van der Waals surface area contributed by atoms with E-state index in [2.05, 4.69) is 44.3 Å². The Kier molecular flexibility index (Phi) is 12.8. The first kappa shape index (κ1) is 41.2. The monoisotopic (exact) mass is 777 g/mol. The van der Waals surface area contributed by atoms with Crippen LogP contribution in [0.3, 0.4) is 0 Å². The van der Waals surface area contributed by atoms with E-state index in [0.717, 1.165) is 0 Å². The number of likely N-dealkylation sites (N-methyl/N-ethyl adjacent to an activating group) is 1. The van der Waals surface area contributed by atoms with Crippen molar-refractivity contribution in [2.75, 3.05) is 38.6 Å². The van der Waals surface area contributed by atoms with Crippen molar-refractivity contribution in [3.05, 3.63) is 39.7 Å². The predicted molar refractivity (Wildman–Crippen MR) is 203 cm³/mol. The third-order valence-electron chi connectivity index (χ3n) is 9.28. The fourth-order valence-corrected chi connectivity index (χ4v) is 7.21. The molecule has 2 aromatic heterocycles. The van der Waals surface area contributed by atoms with Gasteiger partial charge in [0.15, 0.2) is 14.1 Å². The number of halogens is 2. The van der Waals surface area contributed by atoms with E-state index in [1.54, 1.807) is 39.1 Å². The molecule has 3 heterocycles. The Hall–Kier alpha value is -3.59.